The summed E-state index contributed by atoms with van der Waals surface area (Å²) in [5, 5.41) is 15.8. The van der Waals surface area contributed by atoms with Crippen molar-refractivity contribution in [3.63, 3.8) is 0 Å². The lowest BCUT2D eigenvalue weighted by molar-refractivity contribution is 0.0429. The number of anilines is 1. The van der Waals surface area contributed by atoms with Gasteiger partial charge in [0.2, 0.25) is 0 Å². The minimum atomic E-state index is -0.0897. The van der Waals surface area contributed by atoms with Crippen LogP contribution in [0.15, 0.2) is 48.5 Å². The van der Waals surface area contributed by atoms with Gasteiger partial charge in [0.1, 0.15) is 0 Å². The fraction of sp³-hybridized carbons (Fsp3) is 0.381. The smallest absolute Gasteiger partial charge is 0.251 e. The second kappa shape index (κ2) is 7.70. The van der Waals surface area contributed by atoms with Crippen LogP contribution >= 0.6 is 0 Å². The first-order chi connectivity index (χ1) is 12.1. The van der Waals surface area contributed by atoms with Crippen molar-refractivity contribution in [2.45, 2.75) is 32.7 Å². The third-order valence-corrected chi connectivity index (χ3v) is 5.14. The molecule has 0 bridgehead atoms. The number of aliphatic hydroxyl groups is 1. The number of carbonyl (C=O) groups is 1. The van der Waals surface area contributed by atoms with Crippen molar-refractivity contribution < 1.29 is 9.90 Å². The Morgan fingerprint density at radius 1 is 1.08 bits per heavy atom. The van der Waals surface area contributed by atoms with Gasteiger partial charge in [-0.1, -0.05) is 36.2 Å². The lowest BCUT2D eigenvalue weighted by Gasteiger charge is -2.40. The Balaban J connectivity index is 1.51. The van der Waals surface area contributed by atoms with Gasteiger partial charge >= 0.3 is 0 Å². The molecule has 4 nitrogen and oxygen atoms in total. The number of nitrogens with one attached hydrogen (secondary N) is 2. The molecule has 1 amide bonds. The summed E-state index contributed by atoms with van der Waals surface area (Å²) in [4.78, 5) is 12.3. The summed E-state index contributed by atoms with van der Waals surface area (Å²) >= 11 is 0. The molecule has 0 unspecified atom stereocenters. The Hall–Kier alpha value is -2.33. The van der Waals surface area contributed by atoms with E-state index in [9.17, 15) is 9.90 Å². The van der Waals surface area contributed by atoms with Gasteiger partial charge < -0.3 is 15.7 Å². The highest BCUT2D eigenvalue weighted by molar-refractivity contribution is 5.94. The van der Waals surface area contributed by atoms with Crippen LogP contribution in [-0.4, -0.2) is 24.2 Å². The summed E-state index contributed by atoms with van der Waals surface area (Å²) in [7, 11) is 0. The van der Waals surface area contributed by atoms with Crippen LogP contribution in [-0.2, 0) is 6.54 Å². The highest BCUT2D eigenvalue weighted by atomic mass is 16.3. The van der Waals surface area contributed by atoms with Crippen molar-refractivity contribution >= 4 is 11.6 Å². The molecule has 25 heavy (non-hydrogen) atoms. The van der Waals surface area contributed by atoms with E-state index in [4.69, 9.17) is 0 Å². The van der Waals surface area contributed by atoms with Gasteiger partial charge in [0.15, 0.2) is 0 Å². The fourth-order valence-electron chi connectivity index (χ4n) is 3.09. The van der Waals surface area contributed by atoms with Crippen LogP contribution in [0.3, 0.4) is 0 Å². The summed E-state index contributed by atoms with van der Waals surface area (Å²) in [5.41, 5.74) is 4.02. The predicted octanol–water partition coefficient (Wildman–Crippen LogP) is 3.50. The molecule has 0 atom stereocenters. The maximum atomic E-state index is 12.3. The Bertz CT molecular complexity index is 698. The van der Waals surface area contributed by atoms with E-state index in [0.717, 1.165) is 37.1 Å². The molecule has 0 heterocycles. The zero-order valence-electron chi connectivity index (χ0n) is 14.7. The largest absolute Gasteiger partial charge is 0.396 e. The van der Waals surface area contributed by atoms with E-state index in [1.54, 1.807) is 0 Å². The molecule has 3 N–H and O–H groups in total. The first kappa shape index (κ1) is 17.5. The lowest BCUT2D eigenvalue weighted by Crippen LogP contribution is -2.44. The zero-order valence-corrected chi connectivity index (χ0v) is 14.7. The molecule has 3 rings (SSSR count). The van der Waals surface area contributed by atoms with E-state index in [-0.39, 0.29) is 17.9 Å². The van der Waals surface area contributed by atoms with Crippen molar-refractivity contribution in [3.05, 3.63) is 65.2 Å². The number of rotatable bonds is 7. The van der Waals surface area contributed by atoms with Gasteiger partial charge in [-0.15, -0.1) is 0 Å². The second-order valence-corrected chi connectivity index (χ2v) is 7.11. The third kappa shape index (κ3) is 4.40. The molecule has 0 spiro atoms. The summed E-state index contributed by atoms with van der Waals surface area (Å²) in [6, 6.07) is 15.9. The summed E-state index contributed by atoms with van der Waals surface area (Å²) < 4.78 is 0. The topological polar surface area (TPSA) is 61.4 Å². The Morgan fingerprint density at radius 2 is 1.76 bits per heavy atom. The molecule has 0 aliphatic heterocycles. The van der Waals surface area contributed by atoms with Crippen LogP contribution in [0.4, 0.5) is 5.69 Å². The van der Waals surface area contributed by atoms with Crippen LogP contribution < -0.4 is 10.6 Å². The van der Waals surface area contributed by atoms with Crippen molar-refractivity contribution in [1.29, 1.82) is 0 Å². The number of hydrogen-bond acceptors (Lipinski definition) is 3. The van der Waals surface area contributed by atoms with Gasteiger partial charge in [-0.3, -0.25) is 4.79 Å². The van der Waals surface area contributed by atoms with Gasteiger partial charge in [-0.2, -0.15) is 0 Å². The quantitative estimate of drug-likeness (QED) is 0.724. The molecular weight excluding hydrogens is 312 g/mol. The molecule has 132 valence electrons. The number of amides is 1. The van der Waals surface area contributed by atoms with Crippen molar-refractivity contribution in [2.24, 2.45) is 5.41 Å². The number of aryl methyl sites for hydroxylation is 1. The maximum absolute atomic E-state index is 12.3. The number of benzene rings is 2. The number of aliphatic hydroxyl groups excluding tert-OH is 1. The SMILES string of the molecule is Cc1ccc(NCc2ccc(C(=O)NCC3(CO)CCC3)cc2)cc1. The summed E-state index contributed by atoms with van der Waals surface area (Å²) in [5.74, 6) is -0.0715. The molecule has 1 aliphatic carbocycles. The van der Waals surface area contributed by atoms with E-state index in [0.29, 0.717) is 12.1 Å². The Kier molecular flexibility index (Phi) is 5.39. The summed E-state index contributed by atoms with van der Waals surface area (Å²) in [6.07, 6.45) is 3.12. The van der Waals surface area contributed by atoms with E-state index >= 15 is 0 Å². The van der Waals surface area contributed by atoms with E-state index in [1.807, 2.05) is 24.3 Å². The van der Waals surface area contributed by atoms with Crippen LogP contribution in [0, 0.1) is 12.3 Å². The van der Waals surface area contributed by atoms with Gasteiger partial charge in [-0.25, -0.2) is 0 Å². The lowest BCUT2D eigenvalue weighted by atomic mass is 9.69. The minimum absolute atomic E-state index is 0.0715. The minimum Gasteiger partial charge on any atom is -0.396 e. The van der Waals surface area contributed by atoms with Crippen molar-refractivity contribution in [1.82, 2.24) is 5.32 Å². The van der Waals surface area contributed by atoms with Crippen molar-refractivity contribution in [2.75, 3.05) is 18.5 Å². The van der Waals surface area contributed by atoms with Gasteiger partial charge in [-0.05, 0) is 49.6 Å². The van der Waals surface area contributed by atoms with Crippen LogP contribution in [0.2, 0.25) is 0 Å². The molecule has 0 saturated heterocycles. The van der Waals surface area contributed by atoms with Crippen LogP contribution in [0.5, 0.6) is 0 Å². The monoisotopic (exact) mass is 338 g/mol. The Labute approximate surface area is 149 Å². The number of hydrogen-bond donors (Lipinski definition) is 3. The molecule has 2 aromatic rings. The average molecular weight is 338 g/mol. The third-order valence-electron chi connectivity index (χ3n) is 5.14. The first-order valence-electron chi connectivity index (χ1n) is 8.89. The zero-order chi connectivity index (χ0) is 17.7. The average Bonchev–Trinajstić information content (AvgIpc) is 2.61. The number of carbonyl (C=O) groups excluding carboxylic acids is 1. The van der Waals surface area contributed by atoms with Gasteiger partial charge in [0, 0.05) is 29.8 Å². The maximum Gasteiger partial charge on any atom is 0.251 e. The van der Waals surface area contributed by atoms with E-state index in [1.165, 1.54) is 5.56 Å². The molecule has 2 aromatic carbocycles. The molecular formula is C21H26N2O2. The highest BCUT2D eigenvalue weighted by Gasteiger charge is 2.36. The molecule has 1 aliphatic rings. The highest BCUT2D eigenvalue weighted by Crippen LogP contribution is 2.39. The molecule has 0 aromatic heterocycles. The first-order valence-corrected chi connectivity index (χ1v) is 8.89. The van der Waals surface area contributed by atoms with E-state index in [2.05, 4.69) is 41.8 Å². The normalized spacial score (nSPS) is 15.3. The van der Waals surface area contributed by atoms with Gasteiger partial charge in [0.25, 0.3) is 5.91 Å². The second-order valence-electron chi connectivity index (χ2n) is 7.11. The fourth-order valence-corrected chi connectivity index (χ4v) is 3.09. The Morgan fingerprint density at radius 3 is 2.32 bits per heavy atom. The molecule has 4 heteroatoms. The van der Waals surface area contributed by atoms with Gasteiger partial charge in [0.05, 0.1) is 6.61 Å². The van der Waals surface area contributed by atoms with Crippen LogP contribution in [0.25, 0.3) is 0 Å². The predicted molar refractivity (Wildman–Crippen MR) is 101 cm³/mol. The standard InChI is InChI=1S/C21H26N2O2/c1-16-3-9-19(10-4-16)22-13-17-5-7-18(8-6-17)20(25)23-14-21(15-24)11-2-12-21/h3-10,22,24H,2,11-15H2,1H3,(H,23,25). The molecule has 0 radical (unpaired) electrons. The van der Waals surface area contributed by atoms with E-state index < -0.39 is 0 Å². The van der Waals surface area contributed by atoms with Crippen molar-refractivity contribution in [3.8, 4) is 0 Å². The van der Waals surface area contributed by atoms with Crippen LogP contribution in [0.1, 0.15) is 40.7 Å². The molecule has 1 fully saturated rings. The summed E-state index contributed by atoms with van der Waals surface area (Å²) in [6.45, 7) is 3.50. The molecule has 1 saturated carbocycles.